The number of ether oxygens (including phenoxy) is 2. The summed E-state index contributed by atoms with van der Waals surface area (Å²) >= 11 is 0. The third-order valence-electron chi connectivity index (χ3n) is 4.54. The number of halogens is 1. The molecule has 1 unspecified atom stereocenters. The van der Waals surface area contributed by atoms with Gasteiger partial charge in [-0.25, -0.2) is 4.39 Å². The summed E-state index contributed by atoms with van der Waals surface area (Å²) < 4.78 is 24.6. The highest BCUT2D eigenvalue weighted by atomic mass is 19.1. The summed E-state index contributed by atoms with van der Waals surface area (Å²) in [6, 6.07) is 11.6. The quantitative estimate of drug-likeness (QED) is 0.772. The molecule has 5 nitrogen and oxygen atoms in total. The van der Waals surface area contributed by atoms with Crippen molar-refractivity contribution in [2.24, 2.45) is 5.73 Å². The molecule has 0 aromatic heterocycles. The van der Waals surface area contributed by atoms with Gasteiger partial charge in [-0.2, -0.15) is 0 Å². The predicted octanol–water partition coefficient (Wildman–Crippen LogP) is 3.15. The van der Waals surface area contributed by atoms with E-state index in [1.807, 2.05) is 24.3 Å². The molecule has 0 saturated carbocycles. The van der Waals surface area contributed by atoms with Crippen molar-refractivity contribution in [3.05, 3.63) is 59.4 Å². The van der Waals surface area contributed by atoms with E-state index in [1.54, 1.807) is 12.0 Å². The van der Waals surface area contributed by atoms with Crippen LogP contribution in [0.25, 0.3) is 0 Å². The average Bonchev–Trinajstić information content (AvgIpc) is 2.62. The molecule has 6 heteroatoms. The summed E-state index contributed by atoms with van der Waals surface area (Å²) in [5, 5.41) is 0. The number of likely N-dealkylation sites (tertiary alicyclic amines) is 1. The Morgan fingerprint density at radius 1 is 1.31 bits per heavy atom. The molecule has 1 fully saturated rings. The first-order chi connectivity index (χ1) is 12.6. The van der Waals surface area contributed by atoms with Gasteiger partial charge in [-0.05, 0) is 55.3 Å². The zero-order valence-electron chi connectivity index (χ0n) is 14.8. The molecular formula is C20H23FN2O3. The third-order valence-corrected chi connectivity index (χ3v) is 4.54. The average molecular weight is 358 g/mol. The zero-order chi connectivity index (χ0) is 18.5. The van der Waals surface area contributed by atoms with Crippen LogP contribution in [0.3, 0.4) is 0 Å². The summed E-state index contributed by atoms with van der Waals surface area (Å²) in [4.78, 5) is 14.7. The molecule has 2 aromatic carbocycles. The van der Waals surface area contributed by atoms with E-state index < -0.39 is 5.82 Å². The lowest BCUT2D eigenvalue weighted by molar-refractivity contribution is 0.0455. The Kier molecular flexibility index (Phi) is 5.73. The number of rotatable bonds is 7. The summed E-state index contributed by atoms with van der Waals surface area (Å²) in [5.74, 6) is 0.448. The Labute approximate surface area is 152 Å². The van der Waals surface area contributed by atoms with E-state index in [-0.39, 0.29) is 17.5 Å². The van der Waals surface area contributed by atoms with Crippen LogP contribution in [-0.2, 0) is 0 Å². The van der Waals surface area contributed by atoms with Crippen molar-refractivity contribution in [2.45, 2.75) is 18.9 Å². The smallest absolute Gasteiger partial charge is 0.258 e. The van der Waals surface area contributed by atoms with Gasteiger partial charge in [0.25, 0.3) is 5.91 Å². The molecule has 1 aliphatic heterocycles. The molecular weight excluding hydrogens is 335 g/mol. The van der Waals surface area contributed by atoms with Gasteiger partial charge >= 0.3 is 0 Å². The van der Waals surface area contributed by atoms with Crippen molar-refractivity contribution < 1.29 is 18.7 Å². The van der Waals surface area contributed by atoms with Gasteiger partial charge < -0.3 is 20.1 Å². The van der Waals surface area contributed by atoms with Crippen LogP contribution in [0.2, 0.25) is 0 Å². The molecule has 0 radical (unpaired) electrons. The van der Waals surface area contributed by atoms with Gasteiger partial charge in [-0.15, -0.1) is 0 Å². The number of carbonyl (C=O) groups is 1. The Morgan fingerprint density at radius 2 is 2.15 bits per heavy atom. The number of nitrogens with zero attached hydrogens (tertiary/aromatic N) is 1. The summed E-state index contributed by atoms with van der Waals surface area (Å²) in [5.41, 5.74) is 6.72. The standard InChI is InChI=1S/C20H23FN2O3/c1-25-16-5-2-4-14(12-16)18-8-10-23(18)20(24)17-13-15(21)6-7-19(17)26-11-3-9-22/h2,4-7,12-13,18H,3,8-11,22H2,1H3. The third kappa shape index (κ3) is 3.80. The Balaban J connectivity index is 1.81. The zero-order valence-corrected chi connectivity index (χ0v) is 14.8. The van der Waals surface area contributed by atoms with Gasteiger partial charge in [0.2, 0.25) is 0 Å². The summed E-state index contributed by atoms with van der Waals surface area (Å²) in [6.07, 6.45) is 1.53. The molecule has 0 aliphatic carbocycles. The van der Waals surface area contributed by atoms with E-state index >= 15 is 0 Å². The molecule has 26 heavy (non-hydrogen) atoms. The number of benzene rings is 2. The van der Waals surface area contributed by atoms with Gasteiger partial charge in [0.1, 0.15) is 17.3 Å². The van der Waals surface area contributed by atoms with Crippen LogP contribution >= 0.6 is 0 Å². The van der Waals surface area contributed by atoms with Crippen LogP contribution in [0.1, 0.15) is 34.8 Å². The summed E-state index contributed by atoms with van der Waals surface area (Å²) in [7, 11) is 1.61. The van der Waals surface area contributed by atoms with Gasteiger partial charge in [-0.3, -0.25) is 4.79 Å². The maximum absolute atomic E-state index is 13.7. The van der Waals surface area contributed by atoms with Crippen LogP contribution in [0.4, 0.5) is 4.39 Å². The normalized spacial score (nSPS) is 16.1. The van der Waals surface area contributed by atoms with Crippen molar-refractivity contribution in [1.29, 1.82) is 0 Å². The molecule has 1 saturated heterocycles. The molecule has 3 rings (SSSR count). The lowest BCUT2D eigenvalue weighted by Gasteiger charge is -2.41. The molecule has 1 heterocycles. The molecule has 2 aromatic rings. The second kappa shape index (κ2) is 8.19. The Hall–Kier alpha value is -2.60. The van der Waals surface area contributed by atoms with E-state index in [2.05, 4.69) is 0 Å². The van der Waals surface area contributed by atoms with Crippen molar-refractivity contribution in [3.63, 3.8) is 0 Å². The Morgan fingerprint density at radius 3 is 2.85 bits per heavy atom. The molecule has 1 aliphatic rings. The second-order valence-electron chi connectivity index (χ2n) is 6.21. The van der Waals surface area contributed by atoms with Crippen molar-refractivity contribution >= 4 is 5.91 Å². The van der Waals surface area contributed by atoms with E-state index in [0.717, 1.165) is 17.7 Å². The first-order valence-electron chi connectivity index (χ1n) is 8.71. The highest BCUT2D eigenvalue weighted by Gasteiger charge is 2.35. The van der Waals surface area contributed by atoms with Crippen LogP contribution in [0, 0.1) is 5.82 Å². The van der Waals surface area contributed by atoms with Gasteiger partial charge in [0, 0.05) is 6.54 Å². The van der Waals surface area contributed by atoms with Crippen molar-refractivity contribution in [2.75, 3.05) is 26.8 Å². The monoisotopic (exact) mass is 358 g/mol. The molecule has 0 spiro atoms. The lowest BCUT2D eigenvalue weighted by Crippen LogP contribution is -2.45. The van der Waals surface area contributed by atoms with E-state index in [0.29, 0.717) is 31.9 Å². The first-order valence-corrected chi connectivity index (χ1v) is 8.71. The minimum absolute atomic E-state index is 0.0437. The van der Waals surface area contributed by atoms with Crippen LogP contribution < -0.4 is 15.2 Å². The van der Waals surface area contributed by atoms with Gasteiger partial charge in [0.15, 0.2) is 0 Å². The highest BCUT2D eigenvalue weighted by Crippen LogP contribution is 2.37. The van der Waals surface area contributed by atoms with Crippen LogP contribution in [0.15, 0.2) is 42.5 Å². The minimum Gasteiger partial charge on any atom is -0.497 e. The molecule has 0 bridgehead atoms. The highest BCUT2D eigenvalue weighted by molar-refractivity contribution is 5.97. The number of nitrogens with two attached hydrogens (primary N) is 1. The number of hydrogen-bond donors (Lipinski definition) is 1. The van der Waals surface area contributed by atoms with E-state index in [4.69, 9.17) is 15.2 Å². The second-order valence-corrected chi connectivity index (χ2v) is 6.21. The number of methoxy groups -OCH3 is 1. The summed E-state index contributed by atoms with van der Waals surface area (Å²) in [6.45, 7) is 1.51. The van der Waals surface area contributed by atoms with E-state index in [9.17, 15) is 9.18 Å². The lowest BCUT2D eigenvalue weighted by atomic mass is 9.93. The maximum Gasteiger partial charge on any atom is 0.258 e. The topological polar surface area (TPSA) is 64.8 Å². The van der Waals surface area contributed by atoms with Crippen molar-refractivity contribution in [3.8, 4) is 11.5 Å². The van der Waals surface area contributed by atoms with Crippen molar-refractivity contribution in [1.82, 2.24) is 4.90 Å². The fourth-order valence-corrected chi connectivity index (χ4v) is 3.04. The largest absolute Gasteiger partial charge is 0.497 e. The molecule has 1 amide bonds. The first kappa shape index (κ1) is 18.2. The molecule has 2 N–H and O–H groups in total. The Bertz CT molecular complexity index is 781. The SMILES string of the molecule is COc1cccc(C2CCN2C(=O)c2cc(F)ccc2OCCCN)c1. The van der Waals surface area contributed by atoms with E-state index in [1.165, 1.54) is 18.2 Å². The predicted molar refractivity (Wildman–Crippen MR) is 97.0 cm³/mol. The minimum atomic E-state index is -0.460. The maximum atomic E-state index is 13.7. The number of carbonyl (C=O) groups excluding carboxylic acids is 1. The number of hydrogen-bond acceptors (Lipinski definition) is 4. The fourth-order valence-electron chi connectivity index (χ4n) is 3.04. The molecule has 138 valence electrons. The number of amides is 1. The van der Waals surface area contributed by atoms with Crippen LogP contribution in [0.5, 0.6) is 11.5 Å². The van der Waals surface area contributed by atoms with Gasteiger partial charge in [0.05, 0.1) is 25.3 Å². The fraction of sp³-hybridized carbons (Fsp3) is 0.350. The van der Waals surface area contributed by atoms with Gasteiger partial charge in [-0.1, -0.05) is 12.1 Å². The van der Waals surface area contributed by atoms with Crippen LogP contribution in [-0.4, -0.2) is 37.6 Å². The molecule has 1 atom stereocenters.